The van der Waals surface area contributed by atoms with Crippen LogP contribution in [0.4, 0.5) is 0 Å². The van der Waals surface area contributed by atoms with Gasteiger partial charge >= 0.3 is 0 Å². The van der Waals surface area contributed by atoms with Crippen molar-refractivity contribution in [2.75, 3.05) is 13.1 Å². The van der Waals surface area contributed by atoms with E-state index in [0.29, 0.717) is 0 Å². The topological polar surface area (TPSA) is 50.2 Å². The molecule has 2 aromatic rings. The first kappa shape index (κ1) is 18.6. The highest BCUT2D eigenvalue weighted by molar-refractivity contribution is 5.85. The summed E-state index contributed by atoms with van der Waals surface area (Å²) < 4.78 is 2.13. The molecule has 1 amide bonds. The van der Waals surface area contributed by atoms with E-state index < -0.39 is 5.54 Å². The highest BCUT2D eigenvalue weighted by Crippen LogP contribution is 2.24. The van der Waals surface area contributed by atoms with Gasteiger partial charge in [-0.25, -0.2) is 4.98 Å². The zero-order valence-corrected chi connectivity index (χ0v) is 16.1. The third-order valence-corrected chi connectivity index (χ3v) is 5.54. The van der Waals surface area contributed by atoms with Gasteiger partial charge in [-0.1, -0.05) is 30.3 Å². The molecular weight excluding hydrogens is 324 g/mol. The lowest BCUT2D eigenvalue weighted by molar-refractivity contribution is -0.132. The maximum atomic E-state index is 13.1. The van der Waals surface area contributed by atoms with Crippen LogP contribution in [-0.2, 0) is 11.3 Å². The molecule has 1 aromatic heterocycles. The van der Waals surface area contributed by atoms with Gasteiger partial charge in [0.25, 0.3) is 0 Å². The summed E-state index contributed by atoms with van der Waals surface area (Å²) in [7, 11) is 0. The van der Waals surface area contributed by atoms with Crippen LogP contribution in [0, 0.1) is 6.92 Å². The molecule has 0 spiro atoms. The third-order valence-electron chi connectivity index (χ3n) is 5.54. The van der Waals surface area contributed by atoms with Gasteiger partial charge in [-0.2, -0.15) is 0 Å². The Morgan fingerprint density at radius 3 is 2.54 bits per heavy atom. The molecule has 1 N–H and O–H groups in total. The summed E-state index contributed by atoms with van der Waals surface area (Å²) in [5.74, 6) is 1.11. The van der Waals surface area contributed by atoms with E-state index in [9.17, 15) is 4.79 Å². The van der Waals surface area contributed by atoms with E-state index in [2.05, 4.69) is 31.9 Å². The average Bonchev–Trinajstić information content (AvgIpc) is 3.31. The second-order valence-corrected chi connectivity index (χ2v) is 7.65. The fraction of sp³-hybridized carbons (Fsp3) is 0.524. The Bertz CT molecular complexity index is 717. The number of likely N-dealkylation sites (tertiary alicyclic amines) is 1. The second-order valence-electron chi connectivity index (χ2n) is 7.65. The van der Waals surface area contributed by atoms with Crippen molar-refractivity contribution in [1.82, 2.24) is 19.8 Å². The van der Waals surface area contributed by atoms with E-state index in [1.54, 1.807) is 0 Å². The molecule has 0 unspecified atom stereocenters. The van der Waals surface area contributed by atoms with Crippen LogP contribution in [0.25, 0.3) is 0 Å². The van der Waals surface area contributed by atoms with Crippen LogP contribution >= 0.6 is 0 Å². The monoisotopic (exact) mass is 354 g/mol. The molecule has 1 atom stereocenters. The van der Waals surface area contributed by atoms with Crippen LogP contribution < -0.4 is 5.32 Å². The summed E-state index contributed by atoms with van der Waals surface area (Å²) in [6.45, 7) is 8.92. The highest BCUT2D eigenvalue weighted by Gasteiger charge is 2.36. The molecule has 140 valence electrons. The number of rotatable bonds is 7. The number of carbonyl (C=O) groups is 1. The van der Waals surface area contributed by atoms with E-state index >= 15 is 0 Å². The van der Waals surface area contributed by atoms with Crippen molar-refractivity contribution >= 4 is 5.91 Å². The minimum atomic E-state index is -0.478. The predicted octanol–water partition coefficient (Wildman–Crippen LogP) is 3.31. The molecule has 1 aromatic carbocycles. The number of nitrogens with one attached hydrogen (secondary N) is 1. The van der Waals surface area contributed by atoms with Gasteiger partial charge in [-0.15, -0.1) is 0 Å². The SMILES string of the molecule is Cc1nccn1CC[C@@H](NC(=O)C(C)(C)N1CCCC1)c1ccccc1. The van der Waals surface area contributed by atoms with Gasteiger partial charge in [-0.3, -0.25) is 9.69 Å². The number of hydrogen-bond acceptors (Lipinski definition) is 3. The molecule has 5 nitrogen and oxygen atoms in total. The van der Waals surface area contributed by atoms with Crippen LogP contribution in [0.15, 0.2) is 42.7 Å². The number of hydrogen-bond donors (Lipinski definition) is 1. The maximum absolute atomic E-state index is 13.1. The number of aryl methyl sites for hydroxylation is 2. The van der Waals surface area contributed by atoms with Gasteiger partial charge in [-0.05, 0) is 58.7 Å². The van der Waals surface area contributed by atoms with Crippen molar-refractivity contribution in [2.24, 2.45) is 0 Å². The summed E-state index contributed by atoms with van der Waals surface area (Å²) in [5.41, 5.74) is 0.671. The number of aromatic nitrogens is 2. The molecule has 5 heteroatoms. The number of benzene rings is 1. The predicted molar refractivity (Wildman–Crippen MR) is 104 cm³/mol. The van der Waals surface area contributed by atoms with Crippen LogP contribution in [-0.4, -0.2) is 39.0 Å². The Morgan fingerprint density at radius 1 is 1.23 bits per heavy atom. The largest absolute Gasteiger partial charge is 0.348 e. The first-order chi connectivity index (χ1) is 12.5. The minimum Gasteiger partial charge on any atom is -0.348 e. The lowest BCUT2D eigenvalue weighted by Gasteiger charge is -2.35. The molecule has 3 rings (SSSR count). The third kappa shape index (κ3) is 4.15. The van der Waals surface area contributed by atoms with Gasteiger partial charge < -0.3 is 9.88 Å². The summed E-state index contributed by atoms with van der Waals surface area (Å²) in [5, 5.41) is 3.32. The van der Waals surface area contributed by atoms with Gasteiger partial charge in [0.1, 0.15) is 5.82 Å². The normalized spacial score (nSPS) is 16.6. The number of amides is 1. The van der Waals surface area contributed by atoms with E-state index in [0.717, 1.165) is 37.4 Å². The molecule has 1 aliphatic heterocycles. The number of nitrogens with zero attached hydrogens (tertiary/aromatic N) is 3. The molecule has 1 aliphatic rings. The number of imidazole rings is 1. The Kier molecular flexibility index (Phi) is 5.77. The first-order valence-corrected chi connectivity index (χ1v) is 9.57. The summed E-state index contributed by atoms with van der Waals surface area (Å²) >= 11 is 0. The Labute approximate surface area is 156 Å². The van der Waals surface area contributed by atoms with E-state index in [-0.39, 0.29) is 11.9 Å². The Balaban J connectivity index is 1.72. The minimum absolute atomic E-state index is 0.00706. The van der Waals surface area contributed by atoms with E-state index in [4.69, 9.17) is 0 Å². The molecule has 2 heterocycles. The quantitative estimate of drug-likeness (QED) is 0.830. The van der Waals surface area contributed by atoms with Crippen molar-refractivity contribution in [2.45, 2.75) is 58.2 Å². The Hall–Kier alpha value is -2.14. The van der Waals surface area contributed by atoms with Gasteiger partial charge in [0.15, 0.2) is 0 Å². The van der Waals surface area contributed by atoms with E-state index in [1.165, 1.54) is 12.8 Å². The Morgan fingerprint density at radius 2 is 1.92 bits per heavy atom. The first-order valence-electron chi connectivity index (χ1n) is 9.57. The molecule has 1 fully saturated rings. The van der Waals surface area contributed by atoms with Crippen molar-refractivity contribution in [3.05, 3.63) is 54.1 Å². The van der Waals surface area contributed by atoms with Gasteiger partial charge in [0, 0.05) is 18.9 Å². The van der Waals surface area contributed by atoms with Crippen molar-refractivity contribution in [3.63, 3.8) is 0 Å². The van der Waals surface area contributed by atoms with Crippen LogP contribution in [0.2, 0.25) is 0 Å². The molecule has 0 bridgehead atoms. The standard InChI is InChI=1S/C21H30N4O/c1-17-22-12-16-24(17)15-11-19(18-9-5-4-6-10-18)23-20(26)21(2,3)25-13-7-8-14-25/h4-6,9-10,12,16,19H,7-8,11,13-15H2,1-3H3,(H,23,26)/t19-/m1/s1. The van der Waals surface area contributed by atoms with Crippen molar-refractivity contribution < 1.29 is 4.79 Å². The summed E-state index contributed by atoms with van der Waals surface area (Å²) in [6.07, 6.45) is 7.01. The van der Waals surface area contributed by atoms with Crippen molar-refractivity contribution in [3.8, 4) is 0 Å². The average molecular weight is 354 g/mol. The lowest BCUT2D eigenvalue weighted by Crippen LogP contribution is -2.54. The zero-order chi connectivity index (χ0) is 18.6. The fourth-order valence-corrected chi connectivity index (χ4v) is 3.67. The second kappa shape index (κ2) is 8.04. The summed E-state index contributed by atoms with van der Waals surface area (Å²) in [6, 6.07) is 10.2. The van der Waals surface area contributed by atoms with Gasteiger partial charge in [0.05, 0.1) is 11.6 Å². The maximum Gasteiger partial charge on any atom is 0.240 e. The molecular formula is C21H30N4O. The van der Waals surface area contributed by atoms with Crippen LogP contribution in [0.3, 0.4) is 0 Å². The van der Waals surface area contributed by atoms with Crippen LogP contribution in [0.5, 0.6) is 0 Å². The molecule has 26 heavy (non-hydrogen) atoms. The molecule has 0 aliphatic carbocycles. The number of carbonyl (C=O) groups excluding carboxylic acids is 1. The van der Waals surface area contributed by atoms with Crippen LogP contribution in [0.1, 0.15) is 50.5 Å². The zero-order valence-electron chi connectivity index (χ0n) is 16.1. The van der Waals surface area contributed by atoms with Gasteiger partial charge in [0.2, 0.25) is 5.91 Å². The smallest absolute Gasteiger partial charge is 0.240 e. The van der Waals surface area contributed by atoms with E-state index in [1.807, 2.05) is 51.4 Å². The molecule has 0 saturated carbocycles. The molecule has 1 saturated heterocycles. The lowest BCUT2D eigenvalue weighted by atomic mass is 9.98. The highest BCUT2D eigenvalue weighted by atomic mass is 16.2. The fourth-order valence-electron chi connectivity index (χ4n) is 3.67. The molecule has 0 radical (unpaired) electrons. The van der Waals surface area contributed by atoms with Crippen molar-refractivity contribution in [1.29, 1.82) is 0 Å². The summed E-state index contributed by atoms with van der Waals surface area (Å²) in [4.78, 5) is 19.7.